The molecule has 0 bridgehead atoms. The highest BCUT2D eigenvalue weighted by Gasteiger charge is 2.17. The van der Waals surface area contributed by atoms with Gasteiger partial charge in [0.15, 0.2) is 0 Å². The Morgan fingerprint density at radius 2 is 1.29 bits per heavy atom. The Kier molecular flexibility index (Phi) is 6.97. The third kappa shape index (κ3) is 5.09. The van der Waals surface area contributed by atoms with Crippen molar-refractivity contribution in [1.29, 1.82) is 0 Å². The summed E-state index contributed by atoms with van der Waals surface area (Å²) in [4.78, 5) is 0. The Morgan fingerprint density at radius 3 is 2.05 bits per heavy atom. The SMILES string of the molecule is NCCCc1ccc2c(c1)C#CCC(c1ccc3cc(-c4ccc5cc(CCN)ccc5c4)ccc3c1)C2. The molecule has 1 aliphatic carbocycles. The molecule has 0 aromatic heterocycles. The van der Waals surface area contributed by atoms with Crippen LogP contribution in [0.15, 0.2) is 91.0 Å². The molecular weight excluding hydrogens is 460 g/mol. The van der Waals surface area contributed by atoms with Crippen molar-refractivity contribution in [1.82, 2.24) is 0 Å². The first-order valence-corrected chi connectivity index (χ1v) is 13.8. The molecule has 0 spiro atoms. The standard InChI is InChI=1S/C36H34N2/c37-17-2-3-25-6-8-30-21-28(5-1-4-27(30)19-25)32-12-13-35-24-36(15-14-34(35)23-32)33-11-10-29-20-26(16-18-38)7-9-31(29)22-33/h6-15,19-20,22-24,28H,2-3,5,16-18,21,37-38H2. The first-order chi connectivity index (χ1) is 18.7. The fraction of sp³-hybridized carbons (Fsp3) is 0.222. The van der Waals surface area contributed by atoms with Crippen molar-refractivity contribution in [3.63, 3.8) is 0 Å². The molecule has 6 rings (SSSR count). The van der Waals surface area contributed by atoms with Crippen LogP contribution in [-0.2, 0) is 19.3 Å². The van der Waals surface area contributed by atoms with E-state index in [4.69, 9.17) is 11.5 Å². The van der Waals surface area contributed by atoms with E-state index in [9.17, 15) is 0 Å². The van der Waals surface area contributed by atoms with Crippen molar-refractivity contribution in [2.75, 3.05) is 13.1 Å². The minimum Gasteiger partial charge on any atom is -0.330 e. The lowest BCUT2D eigenvalue weighted by Gasteiger charge is -2.16. The molecular formula is C36H34N2. The molecule has 1 unspecified atom stereocenters. The van der Waals surface area contributed by atoms with Crippen LogP contribution >= 0.6 is 0 Å². The highest BCUT2D eigenvalue weighted by Crippen LogP contribution is 2.33. The molecule has 38 heavy (non-hydrogen) atoms. The third-order valence-corrected chi connectivity index (χ3v) is 7.89. The van der Waals surface area contributed by atoms with Crippen LogP contribution in [0.4, 0.5) is 0 Å². The Labute approximate surface area is 225 Å². The highest BCUT2D eigenvalue weighted by atomic mass is 14.5. The summed E-state index contributed by atoms with van der Waals surface area (Å²) in [6.45, 7) is 1.41. The summed E-state index contributed by atoms with van der Waals surface area (Å²) in [5, 5.41) is 5.09. The van der Waals surface area contributed by atoms with Gasteiger partial charge in [-0.15, -0.1) is 0 Å². The third-order valence-electron chi connectivity index (χ3n) is 7.89. The zero-order chi connectivity index (χ0) is 25.9. The van der Waals surface area contributed by atoms with Crippen LogP contribution < -0.4 is 11.5 Å². The topological polar surface area (TPSA) is 52.0 Å². The molecule has 1 aliphatic rings. The van der Waals surface area contributed by atoms with Gasteiger partial charge in [0.25, 0.3) is 0 Å². The van der Waals surface area contributed by atoms with Crippen LogP contribution in [0.2, 0.25) is 0 Å². The molecule has 4 N–H and O–H groups in total. The van der Waals surface area contributed by atoms with Gasteiger partial charge in [-0.25, -0.2) is 0 Å². The number of hydrogen-bond acceptors (Lipinski definition) is 2. The smallest absolute Gasteiger partial charge is 0.0280 e. The first kappa shape index (κ1) is 24.4. The van der Waals surface area contributed by atoms with Gasteiger partial charge in [-0.05, 0) is 118 Å². The zero-order valence-electron chi connectivity index (χ0n) is 21.8. The van der Waals surface area contributed by atoms with Crippen molar-refractivity contribution in [3.05, 3.63) is 119 Å². The Bertz CT molecular complexity index is 1690. The molecule has 5 aromatic rings. The second-order valence-corrected chi connectivity index (χ2v) is 10.5. The lowest BCUT2D eigenvalue weighted by atomic mass is 9.87. The second kappa shape index (κ2) is 10.8. The maximum absolute atomic E-state index is 5.74. The maximum atomic E-state index is 5.74. The van der Waals surface area contributed by atoms with Gasteiger partial charge in [0.1, 0.15) is 0 Å². The van der Waals surface area contributed by atoms with E-state index in [1.807, 2.05) is 0 Å². The Balaban J connectivity index is 1.25. The van der Waals surface area contributed by atoms with Crippen LogP contribution in [-0.4, -0.2) is 13.1 Å². The zero-order valence-corrected chi connectivity index (χ0v) is 21.8. The van der Waals surface area contributed by atoms with E-state index < -0.39 is 0 Å². The van der Waals surface area contributed by atoms with E-state index in [1.165, 1.54) is 60.5 Å². The summed E-state index contributed by atoms with van der Waals surface area (Å²) in [6, 6.07) is 34.0. The van der Waals surface area contributed by atoms with E-state index in [1.54, 1.807) is 0 Å². The lowest BCUT2D eigenvalue weighted by Crippen LogP contribution is -2.04. The number of benzene rings is 5. The molecule has 0 aliphatic heterocycles. The molecule has 2 heteroatoms. The quantitative estimate of drug-likeness (QED) is 0.236. The summed E-state index contributed by atoms with van der Waals surface area (Å²) < 4.78 is 0. The minimum absolute atomic E-state index is 0.410. The van der Waals surface area contributed by atoms with Crippen molar-refractivity contribution in [3.8, 4) is 23.0 Å². The fourth-order valence-corrected chi connectivity index (χ4v) is 5.72. The van der Waals surface area contributed by atoms with Crippen LogP contribution in [0.5, 0.6) is 0 Å². The molecule has 0 saturated carbocycles. The van der Waals surface area contributed by atoms with E-state index >= 15 is 0 Å². The van der Waals surface area contributed by atoms with Crippen molar-refractivity contribution in [2.24, 2.45) is 11.5 Å². The maximum Gasteiger partial charge on any atom is 0.0280 e. The molecule has 0 fully saturated rings. The molecule has 5 aromatic carbocycles. The van der Waals surface area contributed by atoms with Crippen LogP contribution in [0, 0.1) is 11.8 Å². The molecule has 2 nitrogen and oxygen atoms in total. The molecule has 0 saturated heterocycles. The number of hydrogen-bond donors (Lipinski definition) is 2. The molecule has 0 radical (unpaired) electrons. The molecule has 0 amide bonds. The largest absolute Gasteiger partial charge is 0.330 e. The van der Waals surface area contributed by atoms with Crippen molar-refractivity contribution >= 4 is 21.5 Å². The van der Waals surface area contributed by atoms with Gasteiger partial charge < -0.3 is 11.5 Å². The highest BCUT2D eigenvalue weighted by molar-refractivity contribution is 5.91. The van der Waals surface area contributed by atoms with Gasteiger partial charge >= 0.3 is 0 Å². The predicted octanol–water partition coefficient (Wildman–Crippen LogP) is 7.13. The monoisotopic (exact) mass is 494 g/mol. The number of fused-ring (bicyclic) bond motifs is 3. The molecule has 188 valence electrons. The van der Waals surface area contributed by atoms with Crippen LogP contribution in [0.1, 0.15) is 46.6 Å². The van der Waals surface area contributed by atoms with Gasteiger partial charge in [0.05, 0.1) is 0 Å². The van der Waals surface area contributed by atoms with Gasteiger partial charge in [-0.1, -0.05) is 84.6 Å². The number of aryl methyl sites for hydroxylation is 1. The summed E-state index contributed by atoms with van der Waals surface area (Å²) in [6.07, 6.45) is 4.86. The summed E-state index contributed by atoms with van der Waals surface area (Å²) >= 11 is 0. The van der Waals surface area contributed by atoms with Gasteiger partial charge in [0.2, 0.25) is 0 Å². The van der Waals surface area contributed by atoms with Gasteiger partial charge in [-0.3, -0.25) is 0 Å². The van der Waals surface area contributed by atoms with E-state index in [0.717, 1.165) is 38.6 Å². The summed E-state index contributed by atoms with van der Waals surface area (Å²) in [5.41, 5.74) is 20.5. The van der Waals surface area contributed by atoms with E-state index in [2.05, 4.69) is 103 Å². The average molecular weight is 495 g/mol. The Morgan fingerprint density at radius 1 is 0.632 bits per heavy atom. The average Bonchev–Trinajstić information content (AvgIpc) is 3.17. The summed E-state index contributed by atoms with van der Waals surface area (Å²) in [5.74, 6) is 7.31. The predicted molar refractivity (Wildman–Crippen MR) is 161 cm³/mol. The number of nitrogens with two attached hydrogens (primary N) is 2. The van der Waals surface area contributed by atoms with Crippen molar-refractivity contribution < 1.29 is 0 Å². The Hall–Kier alpha value is -3.90. The van der Waals surface area contributed by atoms with Gasteiger partial charge in [-0.2, -0.15) is 0 Å². The molecule has 0 heterocycles. The second-order valence-electron chi connectivity index (χ2n) is 10.5. The lowest BCUT2D eigenvalue weighted by molar-refractivity contribution is 0.710. The number of rotatable bonds is 7. The molecule has 1 atom stereocenters. The van der Waals surface area contributed by atoms with E-state index in [0.29, 0.717) is 12.5 Å². The normalized spacial score (nSPS) is 14.6. The van der Waals surface area contributed by atoms with Crippen LogP contribution in [0.3, 0.4) is 0 Å². The first-order valence-electron chi connectivity index (χ1n) is 13.8. The van der Waals surface area contributed by atoms with Crippen molar-refractivity contribution in [2.45, 2.75) is 38.0 Å². The van der Waals surface area contributed by atoms with Crippen LogP contribution in [0.25, 0.3) is 32.7 Å². The fourth-order valence-electron chi connectivity index (χ4n) is 5.72. The van der Waals surface area contributed by atoms with Gasteiger partial charge in [0, 0.05) is 12.0 Å². The minimum atomic E-state index is 0.410. The van der Waals surface area contributed by atoms with E-state index in [-0.39, 0.29) is 0 Å². The summed E-state index contributed by atoms with van der Waals surface area (Å²) in [7, 11) is 0.